The van der Waals surface area contributed by atoms with Crippen LogP contribution in [0, 0.1) is 11.8 Å². The maximum absolute atomic E-state index is 12.3. The average molecular weight is 326 g/mol. The number of benzene rings is 1. The van der Waals surface area contributed by atoms with Crippen molar-refractivity contribution in [2.75, 3.05) is 13.7 Å². The van der Waals surface area contributed by atoms with Gasteiger partial charge in [-0.1, -0.05) is 24.4 Å². The smallest absolute Gasteiger partial charge is 0.306 e. The molecule has 1 aliphatic rings. The molecule has 22 heavy (non-hydrogen) atoms. The number of rotatable bonds is 5. The second-order valence-corrected chi connectivity index (χ2v) is 5.98. The van der Waals surface area contributed by atoms with Crippen molar-refractivity contribution in [1.82, 2.24) is 5.32 Å². The van der Waals surface area contributed by atoms with Gasteiger partial charge in [0.2, 0.25) is 0 Å². The number of carbonyl (C=O) groups is 2. The summed E-state index contributed by atoms with van der Waals surface area (Å²) in [5.74, 6) is -1.04. The zero-order valence-electron chi connectivity index (χ0n) is 12.5. The van der Waals surface area contributed by atoms with E-state index in [4.69, 9.17) is 16.3 Å². The highest BCUT2D eigenvalue weighted by Crippen LogP contribution is 2.30. The van der Waals surface area contributed by atoms with Crippen LogP contribution in [0.4, 0.5) is 0 Å². The summed E-state index contributed by atoms with van der Waals surface area (Å²) in [6.07, 6.45) is 3.44. The van der Waals surface area contributed by atoms with E-state index in [0.29, 0.717) is 29.3 Å². The van der Waals surface area contributed by atoms with Crippen molar-refractivity contribution in [3.63, 3.8) is 0 Å². The van der Waals surface area contributed by atoms with Crippen LogP contribution in [0.5, 0.6) is 5.75 Å². The molecule has 0 bridgehead atoms. The second-order valence-electron chi connectivity index (χ2n) is 5.54. The largest absolute Gasteiger partial charge is 0.496 e. The number of ether oxygens (including phenoxy) is 1. The van der Waals surface area contributed by atoms with E-state index >= 15 is 0 Å². The van der Waals surface area contributed by atoms with Crippen LogP contribution in [0.25, 0.3) is 0 Å². The number of carbonyl (C=O) groups excluding carboxylic acids is 1. The summed E-state index contributed by atoms with van der Waals surface area (Å²) in [5.41, 5.74) is 0.359. The van der Waals surface area contributed by atoms with Gasteiger partial charge in [-0.3, -0.25) is 9.59 Å². The summed E-state index contributed by atoms with van der Waals surface area (Å²) < 4.78 is 5.16. The minimum Gasteiger partial charge on any atom is -0.496 e. The fraction of sp³-hybridized carbons (Fsp3) is 0.500. The number of hydrogen-bond acceptors (Lipinski definition) is 3. The Kier molecular flexibility index (Phi) is 5.66. The highest BCUT2D eigenvalue weighted by molar-refractivity contribution is 6.31. The Bertz CT molecular complexity index is 561. The maximum atomic E-state index is 12.3. The Labute approximate surface area is 134 Å². The lowest BCUT2D eigenvalue weighted by Crippen LogP contribution is -2.37. The molecule has 0 unspecified atom stereocenters. The summed E-state index contributed by atoms with van der Waals surface area (Å²) in [6.45, 7) is 0.353. The molecule has 1 aromatic carbocycles. The topological polar surface area (TPSA) is 75.6 Å². The lowest BCUT2D eigenvalue weighted by Gasteiger charge is -2.28. The highest BCUT2D eigenvalue weighted by Gasteiger charge is 2.31. The first-order valence-electron chi connectivity index (χ1n) is 7.37. The summed E-state index contributed by atoms with van der Waals surface area (Å²) >= 11 is 5.92. The quantitative estimate of drug-likeness (QED) is 0.872. The fourth-order valence-corrected chi connectivity index (χ4v) is 3.13. The van der Waals surface area contributed by atoms with Crippen LogP contribution >= 0.6 is 11.6 Å². The Morgan fingerprint density at radius 2 is 2.09 bits per heavy atom. The van der Waals surface area contributed by atoms with Gasteiger partial charge >= 0.3 is 5.97 Å². The zero-order chi connectivity index (χ0) is 16.1. The van der Waals surface area contributed by atoms with Gasteiger partial charge in [0.1, 0.15) is 5.75 Å². The Morgan fingerprint density at radius 1 is 1.36 bits per heavy atom. The van der Waals surface area contributed by atoms with Gasteiger partial charge in [-0.15, -0.1) is 0 Å². The van der Waals surface area contributed by atoms with Crippen molar-refractivity contribution in [1.29, 1.82) is 0 Å². The third-order valence-electron chi connectivity index (χ3n) is 4.16. The molecule has 0 saturated heterocycles. The van der Waals surface area contributed by atoms with E-state index < -0.39 is 5.97 Å². The van der Waals surface area contributed by atoms with E-state index in [0.717, 1.165) is 19.3 Å². The highest BCUT2D eigenvalue weighted by atomic mass is 35.5. The molecule has 0 radical (unpaired) electrons. The first kappa shape index (κ1) is 16.6. The molecule has 120 valence electrons. The lowest BCUT2D eigenvalue weighted by atomic mass is 9.79. The van der Waals surface area contributed by atoms with Crippen molar-refractivity contribution < 1.29 is 19.4 Å². The van der Waals surface area contributed by atoms with Gasteiger partial charge in [-0.05, 0) is 37.0 Å². The van der Waals surface area contributed by atoms with Crippen LogP contribution in [0.3, 0.4) is 0 Å². The number of carboxylic acids is 1. The standard InChI is InChI=1S/C16H20ClNO4/c1-22-14-7-6-11(17)8-13(14)15(19)18-9-10-4-2-3-5-12(10)16(20)21/h6-8,10,12H,2-5,9H2,1H3,(H,18,19)(H,20,21)/t10-,12-/m0/s1. The number of halogens is 1. The van der Waals surface area contributed by atoms with Crippen molar-refractivity contribution in [2.24, 2.45) is 11.8 Å². The lowest BCUT2D eigenvalue weighted by molar-refractivity contribution is -0.144. The van der Waals surface area contributed by atoms with Crippen molar-refractivity contribution in [3.05, 3.63) is 28.8 Å². The second kappa shape index (κ2) is 7.49. The predicted octanol–water partition coefficient (Wildman–Crippen LogP) is 2.97. The first-order chi connectivity index (χ1) is 10.5. The van der Waals surface area contributed by atoms with E-state index in [2.05, 4.69) is 5.32 Å². The van der Waals surface area contributed by atoms with Gasteiger partial charge in [0, 0.05) is 11.6 Å². The minimum absolute atomic E-state index is 0.0274. The first-order valence-corrected chi connectivity index (χ1v) is 7.75. The molecule has 1 saturated carbocycles. The summed E-state index contributed by atoms with van der Waals surface area (Å²) in [5, 5.41) is 12.5. The van der Waals surface area contributed by atoms with Crippen molar-refractivity contribution in [2.45, 2.75) is 25.7 Å². The predicted molar refractivity (Wildman–Crippen MR) is 83.4 cm³/mol. The minimum atomic E-state index is -0.778. The maximum Gasteiger partial charge on any atom is 0.306 e. The van der Waals surface area contributed by atoms with E-state index in [9.17, 15) is 14.7 Å². The van der Waals surface area contributed by atoms with Crippen LogP contribution in [-0.2, 0) is 4.79 Å². The Balaban J connectivity index is 2.03. The van der Waals surface area contributed by atoms with E-state index in [1.54, 1.807) is 18.2 Å². The zero-order valence-corrected chi connectivity index (χ0v) is 13.2. The molecule has 5 nitrogen and oxygen atoms in total. The van der Waals surface area contributed by atoms with Gasteiger partial charge in [0.15, 0.2) is 0 Å². The number of nitrogens with one attached hydrogen (secondary N) is 1. The number of amides is 1. The molecule has 2 atom stereocenters. The molecule has 6 heteroatoms. The number of aliphatic carboxylic acids is 1. The molecular weight excluding hydrogens is 306 g/mol. The average Bonchev–Trinajstić information content (AvgIpc) is 2.52. The molecule has 0 aliphatic heterocycles. The van der Waals surface area contributed by atoms with Crippen molar-refractivity contribution in [3.8, 4) is 5.75 Å². The monoisotopic (exact) mass is 325 g/mol. The molecule has 0 spiro atoms. The number of hydrogen-bond donors (Lipinski definition) is 2. The molecule has 1 amide bonds. The third kappa shape index (κ3) is 3.91. The Morgan fingerprint density at radius 3 is 2.77 bits per heavy atom. The molecule has 1 fully saturated rings. The van der Waals surface area contributed by atoms with Gasteiger partial charge in [-0.25, -0.2) is 0 Å². The molecule has 2 N–H and O–H groups in total. The van der Waals surface area contributed by atoms with Crippen molar-refractivity contribution >= 4 is 23.5 Å². The number of carboxylic acid groups (broad SMARTS) is 1. The van der Waals surface area contributed by atoms with E-state index in [-0.39, 0.29) is 17.7 Å². The van der Waals surface area contributed by atoms with Crippen LogP contribution in [0.15, 0.2) is 18.2 Å². The summed E-state index contributed by atoms with van der Waals surface area (Å²) in [4.78, 5) is 23.6. The summed E-state index contributed by atoms with van der Waals surface area (Å²) in [6, 6.07) is 4.84. The molecule has 0 heterocycles. The van der Waals surface area contributed by atoms with Gasteiger partial charge in [-0.2, -0.15) is 0 Å². The van der Waals surface area contributed by atoms with Gasteiger partial charge in [0.05, 0.1) is 18.6 Å². The van der Waals surface area contributed by atoms with Crippen LogP contribution in [0.1, 0.15) is 36.0 Å². The molecule has 1 aliphatic carbocycles. The fourth-order valence-electron chi connectivity index (χ4n) is 2.95. The molecule has 2 rings (SSSR count). The summed E-state index contributed by atoms with van der Waals surface area (Å²) in [7, 11) is 1.49. The SMILES string of the molecule is COc1ccc(Cl)cc1C(=O)NC[C@@H]1CCCC[C@@H]1C(=O)O. The third-order valence-corrected chi connectivity index (χ3v) is 4.39. The van der Waals surface area contributed by atoms with Gasteiger partial charge in [0.25, 0.3) is 5.91 Å². The Hall–Kier alpha value is -1.75. The van der Waals surface area contributed by atoms with E-state index in [1.165, 1.54) is 7.11 Å². The number of methoxy groups -OCH3 is 1. The van der Waals surface area contributed by atoms with Gasteiger partial charge < -0.3 is 15.2 Å². The molecule has 0 aromatic heterocycles. The van der Waals surface area contributed by atoms with Crippen LogP contribution in [-0.4, -0.2) is 30.6 Å². The van der Waals surface area contributed by atoms with Crippen LogP contribution in [0.2, 0.25) is 5.02 Å². The molecule has 1 aromatic rings. The van der Waals surface area contributed by atoms with Crippen LogP contribution < -0.4 is 10.1 Å². The van der Waals surface area contributed by atoms with E-state index in [1.807, 2.05) is 0 Å². The molecular formula is C16H20ClNO4. The normalized spacial score (nSPS) is 21.2.